The third-order valence-electron chi connectivity index (χ3n) is 6.58. The molecule has 5 nitrogen and oxygen atoms in total. The van der Waals surface area contributed by atoms with E-state index in [1.807, 2.05) is 24.3 Å². The zero-order chi connectivity index (χ0) is 20.6. The molecule has 1 saturated heterocycles. The molecular weight excluding hydrogens is 366 g/mol. The molecule has 29 heavy (non-hydrogen) atoms. The Morgan fingerprint density at radius 1 is 1.14 bits per heavy atom. The van der Waals surface area contributed by atoms with Crippen molar-refractivity contribution in [2.75, 3.05) is 26.7 Å². The molecule has 2 heterocycles. The van der Waals surface area contributed by atoms with Gasteiger partial charge < -0.3 is 24.6 Å². The van der Waals surface area contributed by atoms with Crippen LogP contribution in [-0.2, 0) is 0 Å². The Hall–Kier alpha value is -2.08. The maximum absolute atomic E-state index is 10.7. The average molecular weight is 398 g/mol. The van der Waals surface area contributed by atoms with Crippen LogP contribution in [0.5, 0.6) is 11.5 Å². The number of aliphatic hydroxyl groups excluding tert-OH is 2. The van der Waals surface area contributed by atoms with E-state index in [4.69, 9.17) is 9.47 Å². The minimum absolute atomic E-state index is 0.330. The number of nitrogens with zero attached hydrogens (tertiary/aromatic N) is 1. The summed E-state index contributed by atoms with van der Waals surface area (Å²) in [6, 6.07) is 11.8. The number of fused-ring (bicyclic) bond motifs is 1. The molecule has 2 aromatic rings. The second kappa shape index (κ2) is 7.98. The fraction of sp³-hybridized carbons (Fsp3) is 0.500. The Morgan fingerprint density at radius 3 is 2.59 bits per heavy atom. The smallest absolute Gasteiger partial charge is 0.126 e. The molecule has 2 aliphatic heterocycles. The number of β-amino-alcohol motifs (C(OH)–C–C–N with tert-alkyl or cyclic N) is 1. The maximum Gasteiger partial charge on any atom is 0.126 e. The van der Waals surface area contributed by atoms with E-state index in [1.54, 1.807) is 7.11 Å². The number of benzene rings is 2. The molecule has 4 rings (SSSR count). The first-order valence-electron chi connectivity index (χ1n) is 10.4. The van der Waals surface area contributed by atoms with Crippen molar-refractivity contribution in [1.29, 1.82) is 0 Å². The molecule has 2 aliphatic rings. The topological polar surface area (TPSA) is 62.2 Å². The first kappa shape index (κ1) is 20.2. The first-order valence-corrected chi connectivity index (χ1v) is 10.4. The van der Waals surface area contributed by atoms with Gasteiger partial charge in [0.25, 0.3) is 0 Å². The molecule has 0 aliphatic carbocycles. The van der Waals surface area contributed by atoms with Gasteiger partial charge in [0.15, 0.2) is 0 Å². The molecule has 2 aromatic carbocycles. The van der Waals surface area contributed by atoms with Gasteiger partial charge in [0.1, 0.15) is 17.1 Å². The van der Waals surface area contributed by atoms with E-state index in [2.05, 4.69) is 30.9 Å². The fourth-order valence-corrected chi connectivity index (χ4v) is 4.52. The largest absolute Gasteiger partial charge is 0.497 e. The zero-order valence-corrected chi connectivity index (χ0v) is 17.5. The summed E-state index contributed by atoms with van der Waals surface area (Å²) in [6.07, 6.45) is 1.25. The molecule has 156 valence electrons. The van der Waals surface area contributed by atoms with E-state index < -0.39 is 12.2 Å². The third kappa shape index (κ3) is 4.13. The van der Waals surface area contributed by atoms with Crippen molar-refractivity contribution in [2.45, 2.75) is 50.9 Å². The molecule has 5 heteroatoms. The van der Waals surface area contributed by atoms with Crippen LogP contribution in [0.15, 0.2) is 36.4 Å². The van der Waals surface area contributed by atoms with Crippen LogP contribution >= 0.6 is 0 Å². The van der Waals surface area contributed by atoms with Crippen molar-refractivity contribution in [3.63, 3.8) is 0 Å². The Balaban J connectivity index is 1.39. The van der Waals surface area contributed by atoms with E-state index >= 15 is 0 Å². The Labute approximate surface area is 172 Å². The SMILES string of the molecule is COc1ccc2c(c1)[C@@H](O)CC1(CCN(C[C@@H](O)c3ccc(C)c(C)c3)CC1)O2. The number of likely N-dealkylation sites (tertiary alicyclic amines) is 1. The normalized spacial score (nSPS) is 22.0. The number of aryl methyl sites for hydroxylation is 2. The van der Waals surface area contributed by atoms with Crippen molar-refractivity contribution in [2.24, 2.45) is 0 Å². The van der Waals surface area contributed by atoms with Crippen molar-refractivity contribution in [3.8, 4) is 11.5 Å². The number of ether oxygens (including phenoxy) is 2. The Kier molecular flexibility index (Phi) is 5.56. The minimum Gasteiger partial charge on any atom is -0.497 e. The van der Waals surface area contributed by atoms with Gasteiger partial charge in [-0.25, -0.2) is 0 Å². The van der Waals surface area contributed by atoms with Gasteiger partial charge in [-0.1, -0.05) is 18.2 Å². The monoisotopic (exact) mass is 397 g/mol. The predicted octanol–water partition coefficient (Wildman–Crippen LogP) is 3.70. The van der Waals surface area contributed by atoms with Crippen LogP contribution in [0.1, 0.15) is 53.7 Å². The van der Waals surface area contributed by atoms with Crippen molar-refractivity contribution < 1.29 is 19.7 Å². The van der Waals surface area contributed by atoms with Crippen LogP contribution in [0, 0.1) is 13.8 Å². The first-order chi connectivity index (χ1) is 13.9. The summed E-state index contributed by atoms with van der Waals surface area (Å²) >= 11 is 0. The van der Waals surface area contributed by atoms with E-state index in [1.165, 1.54) is 11.1 Å². The van der Waals surface area contributed by atoms with Crippen molar-refractivity contribution in [1.82, 2.24) is 4.90 Å². The van der Waals surface area contributed by atoms with E-state index in [-0.39, 0.29) is 5.60 Å². The van der Waals surface area contributed by atoms with Crippen LogP contribution in [0.3, 0.4) is 0 Å². The average Bonchev–Trinajstić information content (AvgIpc) is 2.71. The van der Waals surface area contributed by atoms with Gasteiger partial charge >= 0.3 is 0 Å². The lowest BCUT2D eigenvalue weighted by atomic mass is 9.81. The lowest BCUT2D eigenvalue weighted by molar-refractivity contribution is -0.0588. The van der Waals surface area contributed by atoms with Crippen LogP contribution in [0.2, 0.25) is 0 Å². The summed E-state index contributed by atoms with van der Waals surface area (Å²) in [7, 11) is 1.63. The van der Waals surface area contributed by atoms with Crippen LogP contribution < -0.4 is 9.47 Å². The molecule has 0 amide bonds. The number of aliphatic hydroxyl groups is 2. The van der Waals surface area contributed by atoms with Gasteiger partial charge in [-0.2, -0.15) is 0 Å². The van der Waals surface area contributed by atoms with Crippen LogP contribution in [0.4, 0.5) is 0 Å². The molecule has 2 N–H and O–H groups in total. The molecule has 1 spiro atoms. The molecule has 2 atom stereocenters. The lowest BCUT2D eigenvalue weighted by Gasteiger charge is -2.46. The fourth-order valence-electron chi connectivity index (χ4n) is 4.52. The second-order valence-electron chi connectivity index (χ2n) is 8.57. The predicted molar refractivity (Wildman–Crippen MR) is 112 cm³/mol. The molecule has 1 fully saturated rings. The number of rotatable bonds is 4. The minimum atomic E-state index is -0.540. The standard InChI is InChI=1S/C24H31NO4/c1-16-4-5-18(12-17(16)2)22(27)15-25-10-8-24(9-11-25)14-21(26)20-13-19(28-3)6-7-23(20)29-24/h4-7,12-13,21-22,26-27H,8-11,14-15H2,1-3H3/t21-,22+/m0/s1. The number of methoxy groups -OCH3 is 1. The summed E-state index contributed by atoms with van der Waals surface area (Å²) < 4.78 is 11.7. The van der Waals surface area contributed by atoms with Crippen LogP contribution in [0.25, 0.3) is 0 Å². The third-order valence-corrected chi connectivity index (χ3v) is 6.58. The lowest BCUT2D eigenvalue weighted by Crippen LogP contribution is -2.51. The summed E-state index contributed by atoms with van der Waals surface area (Å²) in [5, 5.41) is 21.4. The van der Waals surface area contributed by atoms with Gasteiger partial charge in [-0.05, 0) is 61.6 Å². The highest BCUT2D eigenvalue weighted by molar-refractivity contribution is 5.43. The van der Waals surface area contributed by atoms with Gasteiger partial charge in [-0.15, -0.1) is 0 Å². The Morgan fingerprint density at radius 2 is 1.90 bits per heavy atom. The summed E-state index contributed by atoms with van der Waals surface area (Å²) in [5.41, 5.74) is 3.90. The maximum atomic E-state index is 10.7. The van der Waals surface area contributed by atoms with E-state index in [0.29, 0.717) is 13.0 Å². The zero-order valence-electron chi connectivity index (χ0n) is 17.5. The van der Waals surface area contributed by atoms with Crippen molar-refractivity contribution in [3.05, 3.63) is 58.7 Å². The summed E-state index contributed by atoms with van der Waals surface area (Å²) in [4.78, 5) is 2.30. The van der Waals surface area contributed by atoms with E-state index in [9.17, 15) is 10.2 Å². The molecule has 0 bridgehead atoms. The van der Waals surface area contributed by atoms with Gasteiger partial charge in [0.05, 0.1) is 19.3 Å². The highest BCUT2D eigenvalue weighted by atomic mass is 16.5. The molecule has 0 unspecified atom stereocenters. The highest BCUT2D eigenvalue weighted by Gasteiger charge is 2.43. The Bertz CT molecular complexity index is 873. The number of piperidine rings is 1. The van der Waals surface area contributed by atoms with E-state index in [0.717, 1.165) is 48.6 Å². The number of hydrogen-bond donors (Lipinski definition) is 2. The quantitative estimate of drug-likeness (QED) is 0.824. The van der Waals surface area contributed by atoms with Gasteiger partial charge in [0.2, 0.25) is 0 Å². The summed E-state index contributed by atoms with van der Waals surface area (Å²) in [5.74, 6) is 1.49. The number of hydrogen-bond acceptors (Lipinski definition) is 5. The molecule has 0 aromatic heterocycles. The van der Waals surface area contributed by atoms with Crippen LogP contribution in [-0.4, -0.2) is 47.5 Å². The highest BCUT2D eigenvalue weighted by Crippen LogP contribution is 2.45. The van der Waals surface area contributed by atoms with Gasteiger partial charge in [-0.3, -0.25) is 0 Å². The molecule has 0 saturated carbocycles. The second-order valence-corrected chi connectivity index (χ2v) is 8.57. The summed E-state index contributed by atoms with van der Waals surface area (Å²) in [6.45, 7) is 6.48. The van der Waals surface area contributed by atoms with Gasteiger partial charge in [0, 0.05) is 31.6 Å². The molecular formula is C24H31NO4. The molecule has 0 radical (unpaired) electrons. The van der Waals surface area contributed by atoms with Crippen molar-refractivity contribution >= 4 is 0 Å².